The molecule has 0 saturated heterocycles. The normalized spacial score (nSPS) is 10.4. The summed E-state index contributed by atoms with van der Waals surface area (Å²) in [6.07, 6.45) is -0.0392. The number of H-pyrrole nitrogens is 1. The molecule has 0 atom stereocenters. The van der Waals surface area contributed by atoms with Gasteiger partial charge >= 0.3 is 5.97 Å². The van der Waals surface area contributed by atoms with E-state index < -0.39 is 5.97 Å². The Morgan fingerprint density at radius 3 is 2.53 bits per heavy atom. The number of benzene rings is 2. The summed E-state index contributed by atoms with van der Waals surface area (Å²) in [6, 6.07) is 17.6. The van der Waals surface area contributed by atoms with Crippen LogP contribution in [-0.2, 0) is 21.7 Å². The molecule has 0 saturated carbocycles. The number of esters is 1. The third kappa shape index (κ3) is 6.31. The summed E-state index contributed by atoms with van der Waals surface area (Å²) in [5.41, 5.74) is 2.14. The highest BCUT2D eigenvalue weighted by Crippen LogP contribution is 2.18. The molecule has 3 aromatic rings. The van der Waals surface area contributed by atoms with Crippen LogP contribution in [0.5, 0.6) is 0 Å². The molecule has 30 heavy (non-hydrogen) atoms. The van der Waals surface area contributed by atoms with E-state index in [0.29, 0.717) is 34.5 Å². The molecule has 1 aromatic heterocycles. The third-order valence-corrected chi connectivity index (χ3v) is 4.96. The minimum Gasteiger partial charge on any atom is -0.462 e. The van der Waals surface area contributed by atoms with E-state index in [1.807, 2.05) is 30.3 Å². The number of amides is 1. The van der Waals surface area contributed by atoms with E-state index in [1.165, 1.54) is 17.8 Å². The largest absolute Gasteiger partial charge is 0.462 e. The van der Waals surface area contributed by atoms with E-state index in [9.17, 15) is 14.4 Å². The van der Waals surface area contributed by atoms with E-state index in [0.717, 1.165) is 5.56 Å². The third-order valence-electron chi connectivity index (χ3n) is 4.01. The summed E-state index contributed by atoms with van der Waals surface area (Å²) >= 11 is 1.40. The quantitative estimate of drug-likeness (QED) is 0.327. The maximum atomic E-state index is 12.3. The molecule has 2 N–H and O–H groups in total. The van der Waals surface area contributed by atoms with Crippen molar-refractivity contribution in [2.45, 2.75) is 24.3 Å². The Kier molecular flexibility index (Phi) is 7.40. The Bertz CT molecular complexity index is 1070. The van der Waals surface area contributed by atoms with E-state index in [4.69, 9.17) is 4.74 Å². The second-order valence-corrected chi connectivity index (χ2v) is 7.30. The number of nitrogens with one attached hydrogen (secondary N) is 2. The second-order valence-electron chi connectivity index (χ2n) is 6.34. The van der Waals surface area contributed by atoms with E-state index in [1.54, 1.807) is 31.2 Å². The molecule has 0 unspecified atom stereocenters. The maximum absolute atomic E-state index is 12.3. The van der Waals surface area contributed by atoms with Gasteiger partial charge in [-0.3, -0.25) is 9.59 Å². The monoisotopic (exact) mass is 423 g/mol. The van der Waals surface area contributed by atoms with Gasteiger partial charge in [0.25, 0.3) is 5.56 Å². The Balaban J connectivity index is 1.60. The number of nitrogens with zero attached hydrogens (tertiary/aromatic N) is 1. The molecule has 0 aliphatic rings. The number of thioether (sulfide) groups is 1. The predicted octanol–water partition coefficient (Wildman–Crippen LogP) is 3.42. The molecule has 1 amide bonds. The van der Waals surface area contributed by atoms with Crippen molar-refractivity contribution in [1.82, 2.24) is 9.97 Å². The summed E-state index contributed by atoms with van der Waals surface area (Å²) in [5, 5.41) is 3.20. The molecule has 2 aromatic carbocycles. The van der Waals surface area contributed by atoms with Crippen molar-refractivity contribution < 1.29 is 14.3 Å². The molecule has 0 bridgehead atoms. The van der Waals surface area contributed by atoms with Crippen LogP contribution in [0.2, 0.25) is 0 Å². The predicted molar refractivity (Wildman–Crippen MR) is 116 cm³/mol. The summed E-state index contributed by atoms with van der Waals surface area (Å²) in [7, 11) is 0. The van der Waals surface area contributed by atoms with Crippen molar-refractivity contribution in [3.63, 3.8) is 0 Å². The fourth-order valence-electron chi connectivity index (χ4n) is 2.64. The van der Waals surface area contributed by atoms with Crippen LogP contribution in [0.3, 0.4) is 0 Å². The highest BCUT2D eigenvalue weighted by atomic mass is 32.2. The molecular formula is C22H21N3O4S. The summed E-state index contributed by atoms with van der Waals surface area (Å²) in [6.45, 7) is 2.03. The highest BCUT2D eigenvalue weighted by Gasteiger charge is 2.10. The number of anilines is 1. The van der Waals surface area contributed by atoms with Crippen molar-refractivity contribution >= 4 is 29.3 Å². The zero-order valence-corrected chi connectivity index (χ0v) is 17.2. The van der Waals surface area contributed by atoms with Gasteiger partial charge in [-0.2, -0.15) is 0 Å². The van der Waals surface area contributed by atoms with Crippen LogP contribution in [-0.4, -0.2) is 28.5 Å². The van der Waals surface area contributed by atoms with Gasteiger partial charge in [-0.25, -0.2) is 9.78 Å². The van der Waals surface area contributed by atoms with Gasteiger partial charge < -0.3 is 15.0 Å². The number of aromatic nitrogens is 2. The SMILES string of the molecule is CCOC(=O)c1ccc(NC(=O)Cc2cc(=O)[nH]c(SCc3ccccc3)n2)cc1. The first kappa shape index (κ1) is 21.3. The van der Waals surface area contributed by atoms with Crippen LogP contribution < -0.4 is 10.9 Å². The first-order chi connectivity index (χ1) is 14.5. The van der Waals surface area contributed by atoms with Gasteiger partial charge in [-0.05, 0) is 36.8 Å². The van der Waals surface area contributed by atoms with Gasteiger partial charge in [0.05, 0.1) is 24.3 Å². The number of rotatable bonds is 8. The molecule has 1 heterocycles. The summed E-state index contributed by atoms with van der Waals surface area (Å²) in [5.74, 6) is -0.0636. The van der Waals surface area contributed by atoms with Gasteiger partial charge in [-0.1, -0.05) is 42.1 Å². The number of carbonyl (C=O) groups excluding carboxylic acids is 2. The molecule has 8 heteroatoms. The highest BCUT2D eigenvalue weighted by molar-refractivity contribution is 7.98. The fraction of sp³-hybridized carbons (Fsp3) is 0.182. The maximum Gasteiger partial charge on any atom is 0.338 e. The zero-order valence-electron chi connectivity index (χ0n) is 16.4. The van der Waals surface area contributed by atoms with E-state index in [-0.39, 0.29) is 17.9 Å². The average molecular weight is 423 g/mol. The van der Waals surface area contributed by atoms with Gasteiger partial charge in [0.2, 0.25) is 5.91 Å². The van der Waals surface area contributed by atoms with Crippen LogP contribution in [0.1, 0.15) is 28.5 Å². The Hall–Kier alpha value is -3.39. The lowest BCUT2D eigenvalue weighted by Gasteiger charge is -2.07. The molecule has 0 aliphatic carbocycles. The lowest BCUT2D eigenvalue weighted by Crippen LogP contribution is -2.18. The lowest BCUT2D eigenvalue weighted by atomic mass is 10.2. The Morgan fingerprint density at radius 2 is 1.83 bits per heavy atom. The average Bonchev–Trinajstić information content (AvgIpc) is 2.73. The Morgan fingerprint density at radius 1 is 1.10 bits per heavy atom. The molecular weight excluding hydrogens is 402 g/mol. The molecule has 3 rings (SSSR count). The van der Waals surface area contributed by atoms with Crippen molar-refractivity contribution in [3.05, 3.63) is 87.8 Å². The topological polar surface area (TPSA) is 101 Å². The van der Waals surface area contributed by atoms with Gasteiger partial charge in [0, 0.05) is 17.5 Å². The minimum absolute atomic E-state index is 0.0392. The number of ether oxygens (including phenoxy) is 1. The molecule has 0 spiro atoms. The van der Waals surface area contributed by atoms with Crippen LogP contribution in [0, 0.1) is 0 Å². The lowest BCUT2D eigenvalue weighted by molar-refractivity contribution is -0.115. The van der Waals surface area contributed by atoms with Crippen LogP contribution in [0.4, 0.5) is 5.69 Å². The Labute approximate surface area is 177 Å². The van der Waals surface area contributed by atoms with Gasteiger partial charge in [-0.15, -0.1) is 0 Å². The number of hydrogen-bond donors (Lipinski definition) is 2. The molecule has 0 radical (unpaired) electrons. The molecule has 7 nitrogen and oxygen atoms in total. The number of hydrogen-bond acceptors (Lipinski definition) is 6. The van der Waals surface area contributed by atoms with Gasteiger partial charge in [0.15, 0.2) is 5.16 Å². The number of carbonyl (C=O) groups is 2. The fourth-order valence-corrected chi connectivity index (χ4v) is 3.49. The number of aromatic amines is 1. The van der Waals surface area contributed by atoms with Crippen molar-refractivity contribution in [2.24, 2.45) is 0 Å². The van der Waals surface area contributed by atoms with E-state index in [2.05, 4.69) is 15.3 Å². The standard InChI is InChI=1S/C22H21N3O4S/c1-2-29-21(28)16-8-10-17(11-9-16)23-19(26)12-18-13-20(27)25-22(24-18)30-14-15-6-4-3-5-7-15/h3-11,13H,2,12,14H2,1H3,(H,23,26)(H,24,25,27). The minimum atomic E-state index is -0.413. The first-order valence-corrected chi connectivity index (χ1v) is 10.4. The molecule has 0 fully saturated rings. The van der Waals surface area contributed by atoms with Crippen molar-refractivity contribution in [3.8, 4) is 0 Å². The van der Waals surface area contributed by atoms with Crippen LogP contribution in [0.25, 0.3) is 0 Å². The van der Waals surface area contributed by atoms with Crippen LogP contribution >= 0.6 is 11.8 Å². The van der Waals surface area contributed by atoms with Crippen molar-refractivity contribution in [2.75, 3.05) is 11.9 Å². The zero-order chi connectivity index (χ0) is 21.3. The smallest absolute Gasteiger partial charge is 0.338 e. The summed E-state index contributed by atoms with van der Waals surface area (Å²) < 4.78 is 4.93. The van der Waals surface area contributed by atoms with E-state index >= 15 is 0 Å². The first-order valence-electron chi connectivity index (χ1n) is 9.37. The molecule has 0 aliphatic heterocycles. The molecule has 154 valence electrons. The van der Waals surface area contributed by atoms with Crippen LogP contribution in [0.15, 0.2) is 70.6 Å². The van der Waals surface area contributed by atoms with Crippen molar-refractivity contribution in [1.29, 1.82) is 0 Å². The summed E-state index contributed by atoms with van der Waals surface area (Å²) in [4.78, 5) is 43.0. The van der Waals surface area contributed by atoms with Gasteiger partial charge in [0.1, 0.15) is 0 Å². The second kappa shape index (κ2) is 10.4.